The van der Waals surface area contributed by atoms with Gasteiger partial charge in [0.2, 0.25) is 0 Å². The molecule has 0 amide bonds. The number of hydrogen-bond donors (Lipinski definition) is 2. The minimum Gasteiger partial charge on any atom is -0.508 e. The zero-order valence-electron chi connectivity index (χ0n) is 14.2. The van der Waals surface area contributed by atoms with E-state index in [1.165, 1.54) is 0 Å². The highest BCUT2D eigenvalue weighted by Crippen LogP contribution is 2.39. The summed E-state index contributed by atoms with van der Waals surface area (Å²) >= 11 is 0. The first-order valence-corrected chi connectivity index (χ1v) is 8.30. The highest BCUT2D eigenvalue weighted by molar-refractivity contribution is 5.87. The van der Waals surface area contributed by atoms with Gasteiger partial charge in [0, 0.05) is 0 Å². The SMILES string of the molecule is CCCOC(=O)C(CCC)(c1ccc(O)cc1)c1ccc(O)cc1. The van der Waals surface area contributed by atoms with Gasteiger partial charge in [0.1, 0.15) is 16.9 Å². The maximum atomic E-state index is 13.0. The standard InChI is InChI=1S/C20H24O4/c1-3-13-20(19(23)24-14-4-2,15-5-9-17(21)10-6-15)16-7-11-18(22)12-8-16/h5-12,21-22H,3-4,13-14H2,1-2H3. The molecule has 0 atom stereocenters. The summed E-state index contributed by atoms with van der Waals surface area (Å²) in [6, 6.07) is 13.3. The number of aromatic hydroxyl groups is 2. The molecule has 128 valence electrons. The third kappa shape index (κ3) is 3.53. The third-order valence-electron chi connectivity index (χ3n) is 4.13. The molecule has 0 aromatic heterocycles. The number of esters is 1. The third-order valence-corrected chi connectivity index (χ3v) is 4.13. The zero-order valence-corrected chi connectivity index (χ0v) is 14.2. The van der Waals surface area contributed by atoms with Crippen LogP contribution in [-0.4, -0.2) is 22.8 Å². The number of carbonyl (C=O) groups excluding carboxylic acids is 1. The Balaban J connectivity index is 2.61. The summed E-state index contributed by atoms with van der Waals surface area (Å²) in [4.78, 5) is 13.0. The Bertz CT molecular complexity index is 614. The lowest BCUT2D eigenvalue weighted by Gasteiger charge is -2.32. The Morgan fingerprint density at radius 1 is 0.875 bits per heavy atom. The van der Waals surface area contributed by atoms with Crippen LogP contribution in [0.15, 0.2) is 48.5 Å². The monoisotopic (exact) mass is 328 g/mol. The molecular formula is C20H24O4. The Kier molecular flexibility index (Phi) is 5.85. The maximum absolute atomic E-state index is 13.0. The molecular weight excluding hydrogens is 304 g/mol. The van der Waals surface area contributed by atoms with Gasteiger partial charge in [-0.3, -0.25) is 4.79 Å². The van der Waals surface area contributed by atoms with Crippen molar-refractivity contribution in [3.8, 4) is 11.5 Å². The van der Waals surface area contributed by atoms with E-state index in [1.807, 2.05) is 13.8 Å². The summed E-state index contributed by atoms with van der Waals surface area (Å²) in [6.07, 6.45) is 2.10. The number of carbonyl (C=O) groups is 1. The van der Waals surface area contributed by atoms with Crippen LogP contribution >= 0.6 is 0 Å². The van der Waals surface area contributed by atoms with Crippen molar-refractivity contribution < 1.29 is 19.7 Å². The first-order valence-electron chi connectivity index (χ1n) is 8.30. The number of benzene rings is 2. The quantitative estimate of drug-likeness (QED) is 0.750. The van der Waals surface area contributed by atoms with Gasteiger partial charge in [0.15, 0.2) is 0 Å². The van der Waals surface area contributed by atoms with Gasteiger partial charge in [0.25, 0.3) is 0 Å². The van der Waals surface area contributed by atoms with Crippen molar-refractivity contribution >= 4 is 5.97 Å². The number of phenolic OH excluding ortho intramolecular Hbond substituents is 2. The van der Waals surface area contributed by atoms with Crippen LogP contribution in [0.3, 0.4) is 0 Å². The maximum Gasteiger partial charge on any atom is 0.321 e. The van der Waals surface area contributed by atoms with Gasteiger partial charge in [0.05, 0.1) is 6.61 Å². The van der Waals surface area contributed by atoms with Crippen molar-refractivity contribution in [2.24, 2.45) is 0 Å². The predicted molar refractivity (Wildman–Crippen MR) is 93.2 cm³/mol. The number of rotatable bonds is 7. The fourth-order valence-electron chi connectivity index (χ4n) is 2.98. The number of ether oxygens (including phenoxy) is 1. The topological polar surface area (TPSA) is 66.8 Å². The molecule has 0 bridgehead atoms. The highest BCUT2D eigenvalue weighted by atomic mass is 16.5. The molecule has 0 aliphatic heterocycles. The van der Waals surface area contributed by atoms with Crippen LogP contribution in [0.5, 0.6) is 11.5 Å². The summed E-state index contributed by atoms with van der Waals surface area (Å²) in [7, 11) is 0. The molecule has 0 heterocycles. The van der Waals surface area contributed by atoms with Crippen molar-refractivity contribution in [3.63, 3.8) is 0 Å². The smallest absolute Gasteiger partial charge is 0.321 e. The first-order chi connectivity index (χ1) is 11.5. The van der Waals surface area contributed by atoms with Crippen molar-refractivity contribution in [3.05, 3.63) is 59.7 Å². The Labute approximate surface area is 142 Å². The summed E-state index contributed by atoms with van der Waals surface area (Å²) in [5.74, 6) is -0.00357. The first kappa shape index (κ1) is 17.9. The van der Waals surface area contributed by atoms with E-state index in [4.69, 9.17) is 4.74 Å². The zero-order chi connectivity index (χ0) is 17.6. The molecule has 0 unspecified atom stereocenters. The van der Waals surface area contributed by atoms with Crippen molar-refractivity contribution in [2.75, 3.05) is 6.61 Å². The molecule has 0 spiro atoms. The van der Waals surface area contributed by atoms with Crippen LogP contribution in [0.1, 0.15) is 44.2 Å². The van der Waals surface area contributed by atoms with Crippen LogP contribution in [0.4, 0.5) is 0 Å². The molecule has 4 heteroatoms. The number of hydrogen-bond acceptors (Lipinski definition) is 4. The van der Waals surface area contributed by atoms with Crippen LogP contribution in [0.25, 0.3) is 0 Å². The van der Waals surface area contributed by atoms with E-state index < -0.39 is 5.41 Å². The van der Waals surface area contributed by atoms with Crippen LogP contribution < -0.4 is 0 Å². The number of phenols is 2. The minimum atomic E-state index is -0.953. The van der Waals surface area contributed by atoms with Gasteiger partial charge >= 0.3 is 5.97 Å². The molecule has 0 aliphatic rings. The lowest BCUT2D eigenvalue weighted by Crippen LogP contribution is -2.39. The Morgan fingerprint density at radius 3 is 1.71 bits per heavy atom. The predicted octanol–water partition coefficient (Wildman–Crippen LogP) is 4.14. The van der Waals surface area contributed by atoms with E-state index in [1.54, 1.807) is 48.5 Å². The van der Waals surface area contributed by atoms with Crippen LogP contribution in [0.2, 0.25) is 0 Å². The van der Waals surface area contributed by atoms with E-state index in [9.17, 15) is 15.0 Å². The second kappa shape index (κ2) is 7.86. The highest BCUT2D eigenvalue weighted by Gasteiger charge is 2.42. The second-order valence-electron chi connectivity index (χ2n) is 5.88. The van der Waals surface area contributed by atoms with Crippen molar-refractivity contribution in [2.45, 2.75) is 38.5 Å². The molecule has 2 aromatic rings. The Morgan fingerprint density at radius 2 is 1.33 bits per heavy atom. The molecule has 2 N–H and O–H groups in total. The molecule has 0 fully saturated rings. The van der Waals surface area contributed by atoms with Gasteiger partial charge in [-0.15, -0.1) is 0 Å². The summed E-state index contributed by atoms with van der Waals surface area (Å²) in [6.45, 7) is 4.33. The molecule has 0 aliphatic carbocycles. The molecule has 0 saturated heterocycles. The summed E-state index contributed by atoms with van der Waals surface area (Å²) < 4.78 is 5.51. The fraction of sp³-hybridized carbons (Fsp3) is 0.350. The molecule has 0 radical (unpaired) electrons. The fourth-order valence-corrected chi connectivity index (χ4v) is 2.98. The average molecular weight is 328 g/mol. The second-order valence-corrected chi connectivity index (χ2v) is 5.88. The largest absolute Gasteiger partial charge is 0.508 e. The van der Waals surface area contributed by atoms with Gasteiger partial charge in [-0.05, 0) is 48.2 Å². The van der Waals surface area contributed by atoms with Crippen LogP contribution in [0, 0.1) is 0 Å². The van der Waals surface area contributed by atoms with Gasteiger partial charge in [-0.2, -0.15) is 0 Å². The summed E-state index contributed by atoms with van der Waals surface area (Å²) in [5.41, 5.74) is 0.591. The lowest BCUT2D eigenvalue weighted by molar-refractivity contribution is -0.149. The van der Waals surface area contributed by atoms with Gasteiger partial charge < -0.3 is 14.9 Å². The van der Waals surface area contributed by atoms with E-state index in [2.05, 4.69) is 0 Å². The van der Waals surface area contributed by atoms with E-state index in [0.29, 0.717) is 13.0 Å². The average Bonchev–Trinajstić information content (AvgIpc) is 2.59. The molecule has 4 nitrogen and oxygen atoms in total. The van der Waals surface area contributed by atoms with E-state index >= 15 is 0 Å². The molecule has 24 heavy (non-hydrogen) atoms. The summed E-state index contributed by atoms with van der Waals surface area (Å²) in [5, 5.41) is 19.2. The lowest BCUT2D eigenvalue weighted by atomic mass is 9.71. The van der Waals surface area contributed by atoms with Gasteiger partial charge in [-0.1, -0.05) is 44.5 Å². The normalized spacial score (nSPS) is 11.2. The molecule has 2 aromatic carbocycles. The van der Waals surface area contributed by atoms with E-state index in [-0.39, 0.29) is 17.5 Å². The molecule has 0 saturated carbocycles. The molecule has 2 rings (SSSR count). The van der Waals surface area contributed by atoms with Crippen molar-refractivity contribution in [1.82, 2.24) is 0 Å². The Hall–Kier alpha value is -2.49. The van der Waals surface area contributed by atoms with Gasteiger partial charge in [-0.25, -0.2) is 0 Å². The minimum absolute atomic E-state index is 0.150. The van der Waals surface area contributed by atoms with Crippen molar-refractivity contribution in [1.29, 1.82) is 0 Å². The van der Waals surface area contributed by atoms with E-state index in [0.717, 1.165) is 24.0 Å². The van der Waals surface area contributed by atoms with Crippen LogP contribution in [-0.2, 0) is 14.9 Å².